The number of carbonyl (C=O) groups excluding carboxylic acids is 1. The van der Waals surface area contributed by atoms with Crippen LogP contribution in [0, 0.1) is 0 Å². The van der Waals surface area contributed by atoms with Crippen LogP contribution in [-0.4, -0.2) is 29.5 Å². The van der Waals surface area contributed by atoms with Crippen molar-refractivity contribution in [2.45, 2.75) is 143 Å². The molecule has 7 aromatic rings. The van der Waals surface area contributed by atoms with Crippen LogP contribution in [0.1, 0.15) is 151 Å². The highest BCUT2D eigenvalue weighted by atomic mass is 32.1. The van der Waals surface area contributed by atoms with Gasteiger partial charge in [0.15, 0.2) is 15.9 Å². The Morgan fingerprint density at radius 2 is 0.923 bits per heavy atom. The second kappa shape index (κ2) is 25.5. The second-order valence-corrected chi connectivity index (χ2v) is 21.1. The fourth-order valence-electron chi connectivity index (χ4n) is 8.11. The summed E-state index contributed by atoms with van der Waals surface area (Å²) in [7, 11) is 0. The minimum Gasteiger partial charge on any atom is -0.494 e. The standard InChI is InChI=1S/C55H67N3O3S4/c1-5-9-13-15-17-19-21-41-37-48(39-59)62-50(41)52-56-54-55(64-52)57-53(65-54)51-42(22-20-18-16-14-10-6-2)38-49(63-51)40-23-25-43(26-24-40)58(44-27-31-46(32-28-44)60-35-11-7-3)45-29-33-47(34-30-45)61-36-12-8-4/h23-34,37-39H,5-22,35-36H2,1-4H3. The Morgan fingerprint density at radius 3 is 1.40 bits per heavy atom. The Labute approximate surface area is 404 Å². The number of aryl methyl sites for hydroxylation is 2. The molecule has 0 saturated carbocycles. The lowest BCUT2D eigenvalue weighted by atomic mass is 10.0. The van der Waals surface area contributed by atoms with E-state index >= 15 is 0 Å². The highest BCUT2D eigenvalue weighted by molar-refractivity contribution is 7.32. The minimum absolute atomic E-state index is 0.726. The number of aldehydes is 1. The molecule has 0 amide bonds. The average Bonchev–Trinajstić information content (AvgIpc) is 4.13. The summed E-state index contributed by atoms with van der Waals surface area (Å²) < 4.78 is 12.1. The predicted octanol–water partition coefficient (Wildman–Crippen LogP) is 18.3. The predicted molar refractivity (Wildman–Crippen MR) is 282 cm³/mol. The zero-order valence-corrected chi connectivity index (χ0v) is 42.3. The Bertz CT molecular complexity index is 2390. The number of unbranched alkanes of at least 4 members (excludes halogenated alkanes) is 12. The third-order valence-electron chi connectivity index (χ3n) is 11.8. The van der Waals surface area contributed by atoms with Crippen LogP contribution in [0.5, 0.6) is 11.5 Å². The SMILES string of the molecule is CCCCCCCCc1cc(C=O)sc1-c1nc2sc(-c3sc(-c4ccc(N(c5ccc(OCCCC)cc5)c5ccc(OCCCC)cc5)cc4)cc3CCCCCCCC)nc2s1. The fraction of sp³-hybridized carbons (Fsp3) is 0.436. The number of benzene rings is 3. The third kappa shape index (κ3) is 13.4. The molecule has 0 spiro atoms. The van der Waals surface area contributed by atoms with Gasteiger partial charge in [-0.3, -0.25) is 4.79 Å². The molecule has 4 aromatic heterocycles. The van der Waals surface area contributed by atoms with Gasteiger partial charge >= 0.3 is 0 Å². The molecule has 0 fully saturated rings. The van der Waals surface area contributed by atoms with Crippen molar-refractivity contribution in [2.75, 3.05) is 18.1 Å². The molecule has 4 heterocycles. The summed E-state index contributed by atoms with van der Waals surface area (Å²) >= 11 is 6.81. The highest BCUT2D eigenvalue weighted by Crippen LogP contribution is 2.46. The van der Waals surface area contributed by atoms with E-state index in [1.807, 2.05) is 11.3 Å². The van der Waals surface area contributed by atoms with Crippen molar-refractivity contribution in [3.63, 3.8) is 0 Å². The van der Waals surface area contributed by atoms with Crippen molar-refractivity contribution in [3.05, 3.63) is 101 Å². The molecule has 344 valence electrons. The monoisotopic (exact) mass is 945 g/mol. The van der Waals surface area contributed by atoms with Crippen molar-refractivity contribution in [2.24, 2.45) is 0 Å². The van der Waals surface area contributed by atoms with Gasteiger partial charge in [0, 0.05) is 21.9 Å². The first-order valence-corrected chi connectivity index (χ1v) is 27.6. The van der Waals surface area contributed by atoms with Crippen molar-refractivity contribution in [3.8, 4) is 41.7 Å². The van der Waals surface area contributed by atoms with E-state index < -0.39 is 0 Å². The van der Waals surface area contributed by atoms with Gasteiger partial charge < -0.3 is 14.4 Å². The molecule has 0 unspecified atom stereocenters. The molecular weight excluding hydrogens is 879 g/mol. The summed E-state index contributed by atoms with van der Waals surface area (Å²) in [5.74, 6) is 1.78. The van der Waals surface area contributed by atoms with Gasteiger partial charge in [-0.2, -0.15) is 0 Å². The van der Waals surface area contributed by atoms with E-state index in [0.717, 1.165) is 122 Å². The van der Waals surface area contributed by atoms with Crippen LogP contribution < -0.4 is 14.4 Å². The minimum atomic E-state index is 0.726. The molecule has 6 nitrogen and oxygen atoms in total. The third-order valence-corrected chi connectivity index (χ3v) is 16.5. The summed E-state index contributed by atoms with van der Waals surface area (Å²) in [6.07, 6.45) is 22.4. The molecule has 0 aliphatic heterocycles. The van der Waals surface area contributed by atoms with Crippen molar-refractivity contribution >= 4 is 78.4 Å². The van der Waals surface area contributed by atoms with Gasteiger partial charge in [0.2, 0.25) is 0 Å². The largest absolute Gasteiger partial charge is 0.494 e. The van der Waals surface area contributed by atoms with E-state index in [2.05, 4.69) is 118 Å². The molecule has 0 N–H and O–H groups in total. The number of rotatable bonds is 29. The van der Waals surface area contributed by atoms with Gasteiger partial charge in [-0.15, -0.1) is 22.7 Å². The number of thiazole rings is 2. The van der Waals surface area contributed by atoms with Crippen molar-refractivity contribution in [1.82, 2.24) is 9.97 Å². The second-order valence-electron chi connectivity index (χ2n) is 17.0. The molecule has 10 heteroatoms. The normalized spacial score (nSPS) is 11.4. The summed E-state index contributed by atoms with van der Waals surface area (Å²) in [5, 5.41) is 2.05. The molecule has 0 aliphatic rings. The van der Waals surface area contributed by atoms with Crippen LogP contribution in [-0.2, 0) is 12.8 Å². The first-order chi connectivity index (χ1) is 32.0. The number of anilines is 3. The molecule has 65 heavy (non-hydrogen) atoms. The smallest absolute Gasteiger partial charge is 0.160 e. The number of fused-ring (bicyclic) bond motifs is 1. The quantitative estimate of drug-likeness (QED) is 0.0344. The van der Waals surface area contributed by atoms with Gasteiger partial charge in [-0.05, 0) is 128 Å². The molecule has 0 atom stereocenters. The van der Waals surface area contributed by atoms with Crippen molar-refractivity contribution in [1.29, 1.82) is 0 Å². The van der Waals surface area contributed by atoms with E-state index in [9.17, 15) is 4.79 Å². The zero-order valence-electron chi connectivity index (χ0n) is 39.0. The number of hydrogen-bond donors (Lipinski definition) is 0. The maximum Gasteiger partial charge on any atom is 0.160 e. The first-order valence-electron chi connectivity index (χ1n) is 24.4. The Kier molecular flexibility index (Phi) is 19.1. The van der Waals surface area contributed by atoms with Crippen LogP contribution in [0.25, 0.3) is 39.9 Å². The molecular formula is C55H67N3O3S4. The summed E-state index contributed by atoms with van der Waals surface area (Å²) in [4.78, 5) is 31.1. The number of carbonyl (C=O) groups is 1. The van der Waals surface area contributed by atoms with Gasteiger partial charge in [0.05, 0.1) is 27.8 Å². The van der Waals surface area contributed by atoms with Crippen molar-refractivity contribution < 1.29 is 14.3 Å². The van der Waals surface area contributed by atoms with Crippen LogP contribution in [0.15, 0.2) is 84.9 Å². The fourth-order valence-corrected chi connectivity index (χ4v) is 12.6. The van der Waals surface area contributed by atoms with E-state index in [1.165, 1.54) is 97.1 Å². The lowest BCUT2D eigenvalue weighted by molar-refractivity contribution is 0.112. The summed E-state index contributed by atoms with van der Waals surface area (Å²) in [6.45, 7) is 10.4. The van der Waals surface area contributed by atoms with Gasteiger partial charge in [-0.25, -0.2) is 9.97 Å². The molecule has 0 aliphatic carbocycles. The van der Waals surface area contributed by atoms with Crippen LogP contribution in [0.2, 0.25) is 0 Å². The lowest BCUT2D eigenvalue weighted by Crippen LogP contribution is -2.10. The molecule has 7 rings (SSSR count). The molecule has 0 saturated heterocycles. The van der Waals surface area contributed by atoms with Crippen LogP contribution >= 0.6 is 45.3 Å². The number of thiophene rings is 2. The maximum absolute atomic E-state index is 11.9. The molecule has 3 aromatic carbocycles. The lowest BCUT2D eigenvalue weighted by Gasteiger charge is -2.26. The van der Waals surface area contributed by atoms with Gasteiger partial charge in [0.25, 0.3) is 0 Å². The maximum atomic E-state index is 11.9. The summed E-state index contributed by atoms with van der Waals surface area (Å²) in [6, 6.07) is 30.4. The molecule has 0 bridgehead atoms. The molecule has 0 radical (unpaired) electrons. The summed E-state index contributed by atoms with van der Waals surface area (Å²) in [5.41, 5.74) is 7.05. The number of nitrogens with zero attached hydrogens (tertiary/aromatic N) is 3. The van der Waals surface area contributed by atoms with Gasteiger partial charge in [0.1, 0.15) is 21.5 Å². The van der Waals surface area contributed by atoms with Gasteiger partial charge in [-0.1, -0.05) is 140 Å². The highest BCUT2D eigenvalue weighted by Gasteiger charge is 2.22. The zero-order chi connectivity index (χ0) is 45.2. The average molecular weight is 946 g/mol. The van der Waals surface area contributed by atoms with Crippen LogP contribution in [0.3, 0.4) is 0 Å². The number of hydrogen-bond acceptors (Lipinski definition) is 10. The number of ether oxygens (including phenoxy) is 2. The Hall–Kier alpha value is -4.35. The first kappa shape index (κ1) is 48.6. The van der Waals surface area contributed by atoms with E-state index in [4.69, 9.17) is 19.4 Å². The number of aromatic nitrogens is 2. The van der Waals surface area contributed by atoms with Crippen LogP contribution in [0.4, 0.5) is 17.1 Å². The Balaban J connectivity index is 1.15. The van der Waals surface area contributed by atoms with E-state index in [0.29, 0.717) is 0 Å². The van der Waals surface area contributed by atoms with E-state index in [-0.39, 0.29) is 0 Å². The van der Waals surface area contributed by atoms with E-state index in [1.54, 1.807) is 34.0 Å². The Morgan fingerprint density at radius 1 is 0.492 bits per heavy atom. The topological polar surface area (TPSA) is 64.6 Å².